The minimum absolute atomic E-state index is 0.105. The third-order valence-corrected chi connectivity index (χ3v) is 3.85. The van der Waals surface area contributed by atoms with Crippen LogP contribution >= 0.6 is 0 Å². The summed E-state index contributed by atoms with van der Waals surface area (Å²) < 4.78 is 1.68. The molecule has 124 valence electrons. The largest absolute Gasteiger partial charge is 0.346 e. The Morgan fingerprint density at radius 2 is 2.17 bits per heavy atom. The molecule has 3 N–H and O–H groups in total. The SMILES string of the molecule is Cc1cc(C(=O)NC(C)(CN)CC(C)C)ccc1-n1cncn1. The monoisotopic (exact) mass is 315 g/mol. The summed E-state index contributed by atoms with van der Waals surface area (Å²) in [6.45, 7) is 8.59. The van der Waals surface area contributed by atoms with Crippen LogP contribution in [-0.4, -0.2) is 32.8 Å². The van der Waals surface area contributed by atoms with Crippen molar-refractivity contribution in [3.05, 3.63) is 42.0 Å². The maximum absolute atomic E-state index is 12.5. The molecule has 2 rings (SSSR count). The minimum atomic E-state index is -0.399. The molecule has 0 aliphatic heterocycles. The Hall–Kier alpha value is -2.21. The van der Waals surface area contributed by atoms with E-state index in [0.717, 1.165) is 17.7 Å². The topological polar surface area (TPSA) is 85.8 Å². The number of hydrogen-bond acceptors (Lipinski definition) is 4. The van der Waals surface area contributed by atoms with Gasteiger partial charge in [-0.1, -0.05) is 13.8 Å². The fourth-order valence-corrected chi connectivity index (χ4v) is 2.82. The zero-order valence-electron chi connectivity index (χ0n) is 14.2. The number of hydrogen-bond donors (Lipinski definition) is 2. The normalized spacial score (nSPS) is 13.8. The van der Waals surface area contributed by atoms with Gasteiger partial charge in [-0.3, -0.25) is 4.79 Å². The Morgan fingerprint density at radius 1 is 1.43 bits per heavy atom. The van der Waals surface area contributed by atoms with Gasteiger partial charge in [0.05, 0.1) is 5.69 Å². The van der Waals surface area contributed by atoms with Gasteiger partial charge in [-0.15, -0.1) is 0 Å². The van der Waals surface area contributed by atoms with E-state index in [1.54, 1.807) is 17.1 Å². The summed E-state index contributed by atoms with van der Waals surface area (Å²) in [6, 6.07) is 5.53. The maximum atomic E-state index is 12.5. The molecule has 6 heteroatoms. The van der Waals surface area contributed by atoms with E-state index in [0.29, 0.717) is 18.0 Å². The molecule has 1 heterocycles. The van der Waals surface area contributed by atoms with Crippen LogP contribution in [0.2, 0.25) is 0 Å². The number of aromatic nitrogens is 3. The van der Waals surface area contributed by atoms with Crippen molar-refractivity contribution in [1.29, 1.82) is 0 Å². The molecule has 0 radical (unpaired) electrons. The predicted molar refractivity (Wildman–Crippen MR) is 90.5 cm³/mol. The van der Waals surface area contributed by atoms with Gasteiger partial charge in [-0.2, -0.15) is 5.10 Å². The molecule has 1 amide bonds. The van der Waals surface area contributed by atoms with Crippen molar-refractivity contribution in [3.63, 3.8) is 0 Å². The summed E-state index contributed by atoms with van der Waals surface area (Å²) in [5, 5.41) is 7.19. The van der Waals surface area contributed by atoms with E-state index in [9.17, 15) is 4.79 Å². The number of rotatable bonds is 6. The Bertz CT molecular complexity index is 666. The van der Waals surface area contributed by atoms with Crippen molar-refractivity contribution in [1.82, 2.24) is 20.1 Å². The molecule has 1 unspecified atom stereocenters. The van der Waals surface area contributed by atoms with Crippen molar-refractivity contribution in [3.8, 4) is 5.69 Å². The minimum Gasteiger partial charge on any atom is -0.346 e. The summed E-state index contributed by atoms with van der Waals surface area (Å²) in [5.74, 6) is 0.354. The molecule has 1 atom stereocenters. The van der Waals surface area contributed by atoms with Gasteiger partial charge in [0, 0.05) is 17.6 Å². The summed E-state index contributed by atoms with van der Waals surface area (Å²) in [6.07, 6.45) is 3.96. The Balaban J connectivity index is 2.18. The molecule has 0 fully saturated rings. The van der Waals surface area contributed by atoms with Gasteiger partial charge in [0.2, 0.25) is 0 Å². The molecule has 0 aliphatic rings. The first-order valence-corrected chi connectivity index (χ1v) is 7.83. The second kappa shape index (κ2) is 6.91. The van der Waals surface area contributed by atoms with E-state index in [2.05, 4.69) is 29.2 Å². The van der Waals surface area contributed by atoms with Crippen LogP contribution in [0.5, 0.6) is 0 Å². The van der Waals surface area contributed by atoms with Gasteiger partial charge in [0.15, 0.2) is 0 Å². The van der Waals surface area contributed by atoms with E-state index >= 15 is 0 Å². The van der Waals surface area contributed by atoms with E-state index in [1.807, 2.05) is 26.0 Å². The fraction of sp³-hybridized carbons (Fsp3) is 0.471. The van der Waals surface area contributed by atoms with Gasteiger partial charge >= 0.3 is 0 Å². The first-order chi connectivity index (χ1) is 10.8. The van der Waals surface area contributed by atoms with E-state index in [-0.39, 0.29) is 5.91 Å². The molecule has 0 saturated heterocycles. The lowest BCUT2D eigenvalue weighted by atomic mass is 9.90. The standard InChI is InChI=1S/C17H25N5O/c1-12(2)8-17(4,9-18)21-16(23)14-5-6-15(13(3)7-14)22-11-19-10-20-22/h5-7,10-12H,8-9,18H2,1-4H3,(H,21,23). The van der Waals surface area contributed by atoms with Gasteiger partial charge in [0.1, 0.15) is 12.7 Å². The lowest BCUT2D eigenvalue weighted by Gasteiger charge is -2.31. The van der Waals surface area contributed by atoms with E-state index in [4.69, 9.17) is 5.73 Å². The lowest BCUT2D eigenvalue weighted by Crippen LogP contribution is -2.52. The van der Waals surface area contributed by atoms with Gasteiger partial charge in [-0.25, -0.2) is 9.67 Å². The Morgan fingerprint density at radius 3 is 2.70 bits per heavy atom. The Labute approximate surface area is 137 Å². The number of nitrogens with zero attached hydrogens (tertiary/aromatic N) is 3. The van der Waals surface area contributed by atoms with Crippen molar-refractivity contribution in [2.45, 2.75) is 39.7 Å². The highest BCUT2D eigenvalue weighted by Crippen LogP contribution is 2.18. The molecule has 1 aromatic heterocycles. The van der Waals surface area contributed by atoms with Crippen LogP contribution in [0.25, 0.3) is 5.69 Å². The van der Waals surface area contributed by atoms with Gasteiger partial charge in [0.25, 0.3) is 5.91 Å². The molecule has 0 aliphatic carbocycles. The summed E-state index contributed by atoms with van der Waals surface area (Å²) in [5.41, 5.74) is 7.95. The van der Waals surface area contributed by atoms with Crippen LogP contribution in [0.3, 0.4) is 0 Å². The Kier molecular flexibility index (Phi) is 5.15. The van der Waals surface area contributed by atoms with Crippen LogP contribution in [0.15, 0.2) is 30.9 Å². The zero-order chi connectivity index (χ0) is 17.0. The van der Waals surface area contributed by atoms with Gasteiger partial charge in [-0.05, 0) is 49.9 Å². The van der Waals surface area contributed by atoms with Crippen LogP contribution in [0.1, 0.15) is 43.1 Å². The van der Waals surface area contributed by atoms with Crippen LogP contribution in [-0.2, 0) is 0 Å². The fourth-order valence-electron chi connectivity index (χ4n) is 2.82. The third-order valence-electron chi connectivity index (χ3n) is 3.85. The summed E-state index contributed by atoms with van der Waals surface area (Å²) >= 11 is 0. The molecule has 0 saturated carbocycles. The molecule has 1 aromatic carbocycles. The maximum Gasteiger partial charge on any atom is 0.251 e. The molecule has 6 nitrogen and oxygen atoms in total. The number of benzene rings is 1. The smallest absolute Gasteiger partial charge is 0.251 e. The average molecular weight is 315 g/mol. The van der Waals surface area contributed by atoms with Crippen LogP contribution in [0, 0.1) is 12.8 Å². The van der Waals surface area contributed by atoms with Crippen LogP contribution < -0.4 is 11.1 Å². The average Bonchev–Trinajstić information content (AvgIpc) is 3.00. The molecular weight excluding hydrogens is 290 g/mol. The second-order valence-corrected chi connectivity index (χ2v) is 6.66. The number of carbonyl (C=O) groups is 1. The molecule has 2 aromatic rings. The van der Waals surface area contributed by atoms with Crippen molar-refractivity contribution >= 4 is 5.91 Å². The highest BCUT2D eigenvalue weighted by molar-refractivity contribution is 5.95. The van der Waals surface area contributed by atoms with E-state index in [1.165, 1.54) is 6.33 Å². The first-order valence-electron chi connectivity index (χ1n) is 7.83. The third kappa shape index (κ3) is 4.16. The number of nitrogens with one attached hydrogen (secondary N) is 1. The molecular formula is C17H25N5O. The first kappa shape index (κ1) is 17.1. The number of carbonyl (C=O) groups excluding carboxylic acids is 1. The van der Waals surface area contributed by atoms with Crippen molar-refractivity contribution in [2.75, 3.05) is 6.54 Å². The van der Waals surface area contributed by atoms with E-state index < -0.39 is 5.54 Å². The highest BCUT2D eigenvalue weighted by Gasteiger charge is 2.26. The van der Waals surface area contributed by atoms with Crippen molar-refractivity contribution < 1.29 is 4.79 Å². The lowest BCUT2D eigenvalue weighted by molar-refractivity contribution is 0.0898. The molecule has 0 spiro atoms. The van der Waals surface area contributed by atoms with Crippen molar-refractivity contribution in [2.24, 2.45) is 11.7 Å². The van der Waals surface area contributed by atoms with Crippen LogP contribution in [0.4, 0.5) is 0 Å². The summed E-state index contributed by atoms with van der Waals surface area (Å²) in [7, 11) is 0. The number of aryl methyl sites for hydroxylation is 1. The molecule has 0 bridgehead atoms. The second-order valence-electron chi connectivity index (χ2n) is 6.66. The quantitative estimate of drug-likeness (QED) is 0.854. The number of nitrogens with two attached hydrogens (primary N) is 1. The predicted octanol–water partition coefficient (Wildman–Crippen LogP) is 2.07. The molecule has 23 heavy (non-hydrogen) atoms. The zero-order valence-corrected chi connectivity index (χ0v) is 14.2. The summed E-state index contributed by atoms with van der Waals surface area (Å²) in [4.78, 5) is 16.5. The number of amides is 1. The highest BCUT2D eigenvalue weighted by atomic mass is 16.1. The van der Waals surface area contributed by atoms with Gasteiger partial charge < -0.3 is 11.1 Å².